The third-order valence-corrected chi connectivity index (χ3v) is 3.95. The number of β-amino-alcohol motifs (C(OH)–C–C–N with tert-alkyl or cyclic N) is 1. The van der Waals surface area contributed by atoms with E-state index in [-0.39, 0.29) is 5.54 Å². The van der Waals surface area contributed by atoms with E-state index in [9.17, 15) is 5.11 Å². The molecule has 0 aromatic heterocycles. The Bertz CT molecular complexity index is 466. The van der Waals surface area contributed by atoms with Crippen LogP contribution in [0.25, 0.3) is 0 Å². The van der Waals surface area contributed by atoms with Gasteiger partial charge in [0, 0.05) is 30.9 Å². The van der Waals surface area contributed by atoms with E-state index in [1.54, 1.807) is 0 Å². The lowest BCUT2D eigenvalue weighted by atomic mass is 9.98. The highest BCUT2D eigenvalue weighted by molar-refractivity contribution is 5.57. The molecule has 1 aliphatic heterocycles. The number of benzene rings is 1. The second-order valence-electron chi connectivity index (χ2n) is 6.79. The predicted octanol–water partition coefficient (Wildman–Crippen LogP) is 2.24. The standard InChI is InChI=1S/C16H26N2O/c1-12-6-7-13(2)14(8-12)18-11-16(5,19)10-17-9-15(18,3)4/h6-8,17,19H,9-11H2,1-5H3. The zero-order valence-corrected chi connectivity index (χ0v) is 12.7. The van der Waals surface area contributed by atoms with Crippen molar-refractivity contribution in [3.8, 4) is 0 Å². The summed E-state index contributed by atoms with van der Waals surface area (Å²) >= 11 is 0. The highest BCUT2D eigenvalue weighted by Crippen LogP contribution is 2.31. The van der Waals surface area contributed by atoms with Crippen LogP contribution in [0, 0.1) is 13.8 Å². The Hall–Kier alpha value is -1.06. The van der Waals surface area contributed by atoms with Crippen molar-refractivity contribution in [1.82, 2.24) is 5.32 Å². The van der Waals surface area contributed by atoms with Crippen LogP contribution in [0.4, 0.5) is 5.69 Å². The van der Waals surface area contributed by atoms with Gasteiger partial charge in [0.1, 0.15) is 0 Å². The van der Waals surface area contributed by atoms with E-state index >= 15 is 0 Å². The maximum Gasteiger partial charge on any atom is 0.0917 e. The average molecular weight is 262 g/mol. The van der Waals surface area contributed by atoms with E-state index in [0.717, 1.165) is 6.54 Å². The molecule has 2 N–H and O–H groups in total. The molecule has 2 rings (SSSR count). The van der Waals surface area contributed by atoms with Gasteiger partial charge >= 0.3 is 0 Å². The van der Waals surface area contributed by atoms with Crippen LogP contribution < -0.4 is 10.2 Å². The first-order valence-corrected chi connectivity index (χ1v) is 6.99. The Morgan fingerprint density at radius 1 is 1.16 bits per heavy atom. The van der Waals surface area contributed by atoms with E-state index in [4.69, 9.17) is 0 Å². The summed E-state index contributed by atoms with van der Waals surface area (Å²) in [6, 6.07) is 6.52. The summed E-state index contributed by atoms with van der Waals surface area (Å²) in [4.78, 5) is 2.34. The SMILES string of the molecule is Cc1ccc(C)c(N2CC(C)(O)CNCC2(C)C)c1. The molecule has 3 nitrogen and oxygen atoms in total. The van der Waals surface area contributed by atoms with Crippen molar-refractivity contribution >= 4 is 5.69 Å². The van der Waals surface area contributed by atoms with E-state index < -0.39 is 5.60 Å². The fraction of sp³-hybridized carbons (Fsp3) is 0.625. The monoisotopic (exact) mass is 262 g/mol. The quantitative estimate of drug-likeness (QED) is 0.815. The van der Waals surface area contributed by atoms with Gasteiger partial charge in [0.25, 0.3) is 0 Å². The van der Waals surface area contributed by atoms with Gasteiger partial charge in [-0.05, 0) is 51.8 Å². The molecule has 0 saturated carbocycles. The summed E-state index contributed by atoms with van der Waals surface area (Å²) in [5.41, 5.74) is 3.03. The number of aliphatic hydroxyl groups is 1. The van der Waals surface area contributed by atoms with Crippen LogP contribution in [0.15, 0.2) is 18.2 Å². The fourth-order valence-corrected chi connectivity index (χ4v) is 2.77. The van der Waals surface area contributed by atoms with Crippen LogP contribution >= 0.6 is 0 Å². The Kier molecular flexibility index (Phi) is 3.63. The summed E-state index contributed by atoms with van der Waals surface area (Å²) in [5, 5.41) is 13.8. The van der Waals surface area contributed by atoms with Crippen LogP contribution in [0.3, 0.4) is 0 Å². The fourth-order valence-electron chi connectivity index (χ4n) is 2.77. The zero-order valence-electron chi connectivity index (χ0n) is 12.7. The van der Waals surface area contributed by atoms with E-state index in [2.05, 4.69) is 56.1 Å². The molecular formula is C16H26N2O. The Morgan fingerprint density at radius 3 is 2.53 bits per heavy atom. The van der Waals surface area contributed by atoms with Crippen molar-refractivity contribution in [2.45, 2.75) is 45.8 Å². The van der Waals surface area contributed by atoms with Gasteiger partial charge in [0.15, 0.2) is 0 Å². The molecule has 1 atom stereocenters. The Labute approximate surface area is 116 Å². The van der Waals surface area contributed by atoms with Crippen LogP contribution in [-0.2, 0) is 0 Å². The van der Waals surface area contributed by atoms with Crippen LogP contribution in [0.1, 0.15) is 31.9 Å². The van der Waals surface area contributed by atoms with Crippen molar-refractivity contribution in [3.05, 3.63) is 29.3 Å². The van der Waals surface area contributed by atoms with Gasteiger partial charge in [-0.15, -0.1) is 0 Å². The lowest BCUT2D eigenvalue weighted by Crippen LogP contribution is -2.51. The zero-order chi connectivity index (χ0) is 14.3. The average Bonchev–Trinajstić information content (AvgIpc) is 2.38. The minimum atomic E-state index is -0.704. The molecular weight excluding hydrogens is 236 g/mol. The van der Waals surface area contributed by atoms with Gasteiger partial charge in [-0.1, -0.05) is 12.1 Å². The normalized spacial score (nSPS) is 27.2. The van der Waals surface area contributed by atoms with Crippen LogP contribution in [-0.4, -0.2) is 35.9 Å². The molecule has 1 aromatic rings. The molecule has 1 saturated heterocycles. The number of hydrogen-bond acceptors (Lipinski definition) is 3. The first kappa shape index (κ1) is 14.4. The molecule has 0 amide bonds. The highest BCUT2D eigenvalue weighted by Gasteiger charge is 2.37. The van der Waals surface area contributed by atoms with Crippen LogP contribution in [0.5, 0.6) is 0 Å². The van der Waals surface area contributed by atoms with Crippen molar-refractivity contribution in [2.75, 3.05) is 24.5 Å². The van der Waals surface area contributed by atoms with Crippen molar-refractivity contribution in [1.29, 1.82) is 0 Å². The highest BCUT2D eigenvalue weighted by atomic mass is 16.3. The van der Waals surface area contributed by atoms with E-state index in [1.165, 1.54) is 16.8 Å². The summed E-state index contributed by atoms with van der Waals surface area (Å²) in [7, 11) is 0. The second kappa shape index (κ2) is 4.80. The Morgan fingerprint density at radius 2 is 1.84 bits per heavy atom. The van der Waals surface area contributed by atoms with Gasteiger partial charge in [-0.3, -0.25) is 0 Å². The van der Waals surface area contributed by atoms with Crippen molar-refractivity contribution in [3.63, 3.8) is 0 Å². The minimum Gasteiger partial charge on any atom is -0.387 e. The third kappa shape index (κ3) is 3.10. The first-order chi connectivity index (χ1) is 8.71. The van der Waals surface area contributed by atoms with Gasteiger partial charge in [-0.25, -0.2) is 0 Å². The maximum atomic E-state index is 10.5. The van der Waals surface area contributed by atoms with Gasteiger partial charge in [0.2, 0.25) is 0 Å². The van der Waals surface area contributed by atoms with Crippen molar-refractivity contribution < 1.29 is 5.11 Å². The summed E-state index contributed by atoms with van der Waals surface area (Å²) in [5.74, 6) is 0. The molecule has 1 aromatic carbocycles. The third-order valence-electron chi connectivity index (χ3n) is 3.95. The molecule has 0 bridgehead atoms. The molecule has 0 aliphatic carbocycles. The van der Waals surface area contributed by atoms with Gasteiger partial charge < -0.3 is 15.3 Å². The summed E-state index contributed by atoms with van der Waals surface area (Å²) < 4.78 is 0. The number of hydrogen-bond donors (Lipinski definition) is 2. The molecule has 1 heterocycles. The lowest BCUT2D eigenvalue weighted by Gasteiger charge is -2.41. The first-order valence-electron chi connectivity index (χ1n) is 6.99. The molecule has 1 aliphatic rings. The molecule has 1 fully saturated rings. The minimum absolute atomic E-state index is 0.0148. The van der Waals surface area contributed by atoms with Crippen LogP contribution in [0.2, 0.25) is 0 Å². The topological polar surface area (TPSA) is 35.5 Å². The largest absolute Gasteiger partial charge is 0.387 e. The van der Waals surface area contributed by atoms with E-state index in [1.807, 2.05) is 6.92 Å². The summed E-state index contributed by atoms with van der Waals surface area (Å²) in [6.07, 6.45) is 0. The lowest BCUT2D eigenvalue weighted by molar-refractivity contribution is 0.0720. The van der Waals surface area contributed by atoms with Gasteiger partial charge in [0.05, 0.1) is 5.60 Å². The molecule has 3 heteroatoms. The number of rotatable bonds is 1. The van der Waals surface area contributed by atoms with E-state index in [0.29, 0.717) is 13.1 Å². The smallest absolute Gasteiger partial charge is 0.0917 e. The molecule has 0 spiro atoms. The summed E-state index contributed by atoms with van der Waals surface area (Å²) in [6.45, 7) is 12.8. The predicted molar refractivity (Wildman–Crippen MR) is 80.8 cm³/mol. The molecule has 19 heavy (non-hydrogen) atoms. The maximum absolute atomic E-state index is 10.5. The van der Waals surface area contributed by atoms with Crippen molar-refractivity contribution in [2.24, 2.45) is 0 Å². The number of nitrogens with zero attached hydrogens (tertiary/aromatic N) is 1. The van der Waals surface area contributed by atoms with Gasteiger partial charge in [-0.2, -0.15) is 0 Å². The second-order valence-corrected chi connectivity index (χ2v) is 6.79. The number of anilines is 1. The molecule has 1 unspecified atom stereocenters. The molecule has 0 radical (unpaired) electrons. The molecule has 106 valence electrons. The Balaban J connectivity index is 2.45. The number of nitrogens with one attached hydrogen (secondary N) is 1. The number of aryl methyl sites for hydroxylation is 2.